The van der Waals surface area contributed by atoms with Gasteiger partial charge in [-0.1, -0.05) is 40.2 Å². The molecule has 9 heteroatoms. The van der Waals surface area contributed by atoms with Gasteiger partial charge in [-0.3, -0.25) is 4.79 Å². The largest absolute Gasteiger partial charge is 0.418 e. The number of halogens is 4. The van der Waals surface area contributed by atoms with Crippen LogP contribution in [-0.2, 0) is 11.0 Å². The summed E-state index contributed by atoms with van der Waals surface area (Å²) in [6, 6.07) is 10.3. The lowest BCUT2D eigenvalue weighted by molar-refractivity contribution is -0.137. The van der Waals surface area contributed by atoms with Gasteiger partial charge in [-0.2, -0.15) is 13.2 Å². The molecule has 0 spiro atoms. The molecule has 0 bridgehead atoms. The van der Waals surface area contributed by atoms with E-state index in [2.05, 4.69) is 31.9 Å². The molecule has 0 radical (unpaired) electrons. The fraction of sp³-hybridized carbons (Fsp3) is 0.158. The van der Waals surface area contributed by atoms with Crippen molar-refractivity contribution in [3.63, 3.8) is 0 Å². The zero-order valence-electron chi connectivity index (χ0n) is 14.5. The van der Waals surface area contributed by atoms with Crippen molar-refractivity contribution in [3.05, 3.63) is 75.4 Å². The number of alkyl halides is 3. The van der Waals surface area contributed by atoms with Crippen molar-refractivity contribution in [3.8, 4) is 0 Å². The van der Waals surface area contributed by atoms with Crippen LogP contribution in [0, 0.1) is 0 Å². The number of carbonyl (C=O) groups is 2. The van der Waals surface area contributed by atoms with Crippen LogP contribution in [0.3, 0.4) is 0 Å². The van der Waals surface area contributed by atoms with E-state index in [9.17, 15) is 22.8 Å². The summed E-state index contributed by atoms with van der Waals surface area (Å²) in [7, 11) is 0. The number of urea groups is 1. The molecule has 1 atom stereocenters. The van der Waals surface area contributed by atoms with Crippen LogP contribution in [0.4, 0.5) is 23.7 Å². The molecule has 1 aliphatic rings. The Bertz CT molecular complexity index is 973. The van der Waals surface area contributed by atoms with Gasteiger partial charge in [-0.05, 0) is 36.8 Å². The Labute approximate surface area is 167 Å². The van der Waals surface area contributed by atoms with E-state index in [0.29, 0.717) is 5.56 Å². The Morgan fingerprint density at radius 3 is 2.54 bits per heavy atom. The number of rotatable bonds is 3. The van der Waals surface area contributed by atoms with E-state index >= 15 is 0 Å². The van der Waals surface area contributed by atoms with E-state index in [-0.39, 0.29) is 17.0 Å². The van der Waals surface area contributed by atoms with Crippen LogP contribution < -0.4 is 16.0 Å². The fourth-order valence-corrected chi connectivity index (χ4v) is 3.38. The molecule has 0 saturated carbocycles. The predicted molar refractivity (Wildman–Crippen MR) is 101 cm³/mol. The van der Waals surface area contributed by atoms with Crippen molar-refractivity contribution in [1.82, 2.24) is 10.6 Å². The summed E-state index contributed by atoms with van der Waals surface area (Å²) in [4.78, 5) is 24.8. The smallest absolute Gasteiger partial charge is 0.327 e. The Morgan fingerprint density at radius 1 is 1.14 bits per heavy atom. The molecule has 5 nitrogen and oxygen atoms in total. The first-order valence-electron chi connectivity index (χ1n) is 8.18. The fourth-order valence-electron chi connectivity index (χ4n) is 2.96. The number of benzene rings is 2. The van der Waals surface area contributed by atoms with Crippen LogP contribution in [0.5, 0.6) is 0 Å². The number of carbonyl (C=O) groups excluding carboxylic acids is 2. The molecule has 0 fully saturated rings. The monoisotopic (exact) mass is 453 g/mol. The first-order valence-corrected chi connectivity index (χ1v) is 8.97. The van der Waals surface area contributed by atoms with E-state index in [4.69, 9.17) is 0 Å². The Hall–Kier alpha value is -2.81. The van der Waals surface area contributed by atoms with Crippen molar-refractivity contribution in [1.29, 1.82) is 0 Å². The van der Waals surface area contributed by atoms with E-state index < -0.39 is 29.7 Å². The second-order valence-corrected chi connectivity index (χ2v) is 7.04. The van der Waals surface area contributed by atoms with Crippen LogP contribution in [0.1, 0.15) is 24.1 Å². The number of allylic oxidation sites excluding steroid dienone is 1. The van der Waals surface area contributed by atoms with E-state index in [1.807, 2.05) is 0 Å². The molecular weight excluding hydrogens is 439 g/mol. The molecular formula is C19H15BrF3N3O2. The molecule has 2 aromatic rings. The maximum atomic E-state index is 13.2. The highest BCUT2D eigenvalue weighted by atomic mass is 79.9. The topological polar surface area (TPSA) is 70.2 Å². The molecule has 0 aliphatic carbocycles. The second kappa shape index (κ2) is 7.67. The van der Waals surface area contributed by atoms with Crippen LogP contribution in [0.25, 0.3) is 0 Å². The maximum absolute atomic E-state index is 13.2. The minimum Gasteiger partial charge on any atom is -0.327 e. The first-order chi connectivity index (χ1) is 13.2. The molecule has 3 rings (SSSR count). The van der Waals surface area contributed by atoms with Crippen LogP contribution >= 0.6 is 15.9 Å². The highest BCUT2D eigenvalue weighted by molar-refractivity contribution is 9.10. The lowest BCUT2D eigenvalue weighted by Gasteiger charge is -2.29. The molecule has 0 saturated heterocycles. The Kier molecular flexibility index (Phi) is 5.46. The zero-order valence-corrected chi connectivity index (χ0v) is 16.1. The lowest BCUT2D eigenvalue weighted by Crippen LogP contribution is -2.46. The third-order valence-electron chi connectivity index (χ3n) is 4.18. The van der Waals surface area contributed by atoms with Crippen molar-refractivity contribution in [2.24, 2.45) is 0 Å². The van der Waals surface area contributed by atoms with Gasteiger partial charge in [-0.15, -0.1) is 0 Å². The molecule has 2 aromatic carbocycles. The average Bonchev–Trinajstić information content (AvgIpc) is 2.60. The number of hydrogen-bond donors (Lipinski definition) is 3. The predicted octanol–water partition coefficient (Wildman–Crippen LogP) is 4.73. The van der Waals surface area contributed by atoms with Gasteiger partial charge in [0.2, 0.25) is 0 Å². The summed E-state index contributed by atoms with van der Waals surface area (Å²) >= 11 is 3.33. The summed E-state index contributed by atoms with van der Waals surface area (Å²) in [6.45, 7) is 1.52. The van der Waals surface area contributed by atoms with Crippen molar-refractivity contribution < 1.29 is 22.8 Å². The normalized spacial score (nSPS) is 17.0. The number of para-hydroxylation sites is 1. The summed E-state index contributed by atoms with van der Waals surface area (Å²) in [5.41, 5.74) is -0.318. The number of anilines is 1. The third kappa shape index (κ3) is 4.19. The SMILES string of the molecule is CC1=C(C(=O)Nc2ccccc2C(F)(F)F)[C@H](c2cccc(Br)c2)NC(=O)N1. The lowest BCUT2D eigenvalue weighted by atomic mass is 9.94. The van der Waals surface area contributed by atoms with Gasteiger partial charge in [-0.25, -0.2) is 4.79 Å². The van der Waals surface area contributed by atoms with Crippen molar-refractivity contribution >= 4 is 33.6 Å². The molecule has 1 heterocycles. The highest BCUT2D eigenvalue weighted by Crippen LogP contribution is 2.35. The number of nitrogens with one attached hydrogen (secondary N) is 3. The highest BCUT2D eigenvalue weighted by Gasteiger charge is 2.35. The second-order valence-electron chi connectivity index (χ2n) is 6.12. The summed E-state index contributed by atoms with van der Waals surface area (Å²) < 4.78 is 40.4. The molecule has 0 unspecified atom stereocenters. The van der Waals surface area contributed by atoms with Gasteiger partial charge in [0.25, 0.3) is 5.91 Å². The summed E-state index contributed by atoms with van der Waals surface area (Å²) in [5, 5.41) is 7.46. The minimum atomic E-state index is -4.62. The quantitative estimate of drug-likeness (QED) is 0.628. The maximum Gasteiger partial charge on any atom is 0.418 e. The molecule has 28 heavy (non-hydrogen) atoms. The van der Waals surface area contributed by atoms with Gasteiger partial charge in [0.15, 0.2) is 0 Å². The van der Waals surface area contributed by atoms with E-state index in [1.54, 1.807) is 24.3 Å². The molecule has 146 valence electrons. The molecule has 3 amide bonds. The van der Waals surface area contributed by atoms with Gasteiger partial charge in [0.1, 0.15) is 0 Å². The number of amides is 3. The van der Waals surface area contributed by atoms with Gasteiger partial charge < -0.3 is 16.0 Å². The van der Waals surface area contributed by atoms with Gasteiger partial charge in [0, 0.05) is 10.2 Å². The Balaban J connectivity index is 1.99. The van der Waals surface area contributed by atoms with Crippen LogP contribution in [0.15, 0.2) is 64.3 Å². The average molecular weight is 454 g/mol. The third-order valence-corrected chi connectivity index (χ3v) is 4.67. The van der Waals surface area contributed by atoms with Crippen LogP contribution in [-0.4, -0.2) is 11.9 Å². The molecule has 1 aliphatic heterocycles. The standard InChI is InChI=1S/C19H15BrF3N3O2/c1-10-15(16(26-18(28)24-10)11-5-4-6-12(20)9-11)17(27)25-14-8-3-2-7-13(14)19(21,22)23/h2-9,16H,1H3,(H,25,27)(H2,24,26,28)/t16-/m0/s1. The van der Waals surface area contributed by atoms with Gasteiger partial charge >= 0.3 is 12.2 Å². The van der Waals surface area contributed by atoms with Crippen molar-refractivity contribution in [2.75, 3.05) is 5.32 Å². The summed E-state index contributed by atoms with van der Waals surface area (Å²) in [5.74, 6) is -0.744. The molecule has 0 aromatic heterocycles. The Morgan fingerprint density at radius 2 is 1.86 bits per heavy atom. The van der Waals surface area contributed by atoms with Crippen LogP contribution in [0.2, 0.25) is 0 Å². The van der Waals surface area contributed by atoms with E-state index in [1.165, 1.54) is 25.1 Å². The minimum absolute atomic E-state index is 0.120. The van der Waals surface area contributed by atoms with E-state index in [0.717, 1.165) is 10.5 Å². The number of hydrogen-bond acceptors (Lipinski definition) is 2. The summed E-state index contributed by atoms with van der Waals surface area (Å²) in [6.07, 6.45) is -4.62. The molecule has 3 N–H and O–H groups in total. The first kappa shape index (κ1) is 19.9. The zero-order chi connectivity index (χ0) is 20.5. The van der Waals surface area contributed by atoms with Gasteiger partial charge in [0.05, 0.1) is 22.9 Å². The van der Waals surface area contributed by atoms with Crippen molar-refractivity contribution in [2.45, 2.75) is 19.1 Å².